The number of aliphatic hydroxyl groups is 1. The fourth-order valence-corrected chi connectivity index (χ4v) is 3.46. The van der Waals surface area contributed by atoms with Crippen molar-refractivity contribution in [3.63, 3.8) is 0 Å². The highest BCUT2D eigenvalue weighted by Crippen LogP contribution is 2.27. The first-order valence-corrected chi connectivity index (χ1v) is 9.69. The predicted octanol–water partition coefficient (Wildman–Crippen LogP) is 3.37. The van der Waals surface area contributed by atoms with Gasteiger partial charge >= 0.3 is 0 Å². The van der Waals surface area contributed by atoms with E-state index in [2.05, 4.69) is 10.2 Å². The van der Waals surface area contributed by atoms with Crippen molar-refractivity contribution in [1.82, 2.24) is 10.2 Å². The molecule has 0 aromatic heterocycles. The van der Waals surface area contributed by atoms with Crippen LogP contribution in [0.25, 0.3) is 0 Å². The minimum atomic E-state index is -0.652. The molecule has 2 N–H and O–H groups in total. The zero-order valence-corrected chi connectivity index (χ0v) is 17.0. The normalized spacial score (nSPS) is 19.2. The lowest BCUT2D eigenvalue weighted by Gasteiger charge is -2.23. The number of hydrogen-bond acceptors (Lipinski definition) is 4. The molecule has 1 aliphatic rings. The summed E-state index contributed by atoms with van der Waals surface area (Å²) < 4.78 is 5.93. The maximum atomic E-state index is 12.4. The minimum Gasteiger partial charge on any atom is -0.489 e. The highest BCUT2D eigenvalue weighted by molar-refractivity contribution is 6.30. The Labute approximate surface area is 161 Å². The van der Waals surface area contributed by atoms with Crippen molar-refractivity contribution in [3.05, 3.63) is 28.8 Å². The molecule has 0 saturated carbocycles. The van der Waals surface area contributed by atoms with E-state index in [0.29, 0.717) is 24.7 Å². The van der Waals surface area contributed by atoms with E-state index < -0.39 is 5.60 Å². The third-order valence-electron chi connectivity index (χ3n) is 4.46. The van der Waals surface area contributed by atoms with Gasteiger partial charge in [-0.15, -0.1) is 0 Å². The maximum absolute atomic E-state index is 12.4. The number of carbonyl (C=O) groups is 1. The second-order valence-electron chi connectivity index (χ2n) is 8.02. The quantitative estimate of drug-likeness (QED) is 0.759. The summed E-state index contributed by atoms with van der Waals surface area (Å²) in [6.45, 7) is 9.29. The zero-order chi connectivity index (χ0) is 19.3. The molecule has 0 saturated heterocycles. The molecule has 26 heavy (non-hydrogen) atoms. The van der Waals surface area contributed by atoms with Gasteiger partial charge in [0.2, 0.25) is 5.91 Å². The lowest BCUT2D eigenvalue weighted by Crippen LogP contribution is -2.42. The lowest BCUT2D eigenvalue weighted by atomic mass is 10.00. The largest absolute Gasteiger partial charge is 0.489 e. The number of carbonyl (C=O) groups excluding carboxylic acids is 1. The van der Waals surface area contributed by atoms with E-state index in [1.165, 1.54) is 0 Å². The summed E-state index contributed by atoms with van der Waals surface area (Å²) in [5, 5.41) is 13.5. The van der Waals surface area contributed by atoms with Crippen molar-refractivity contribution < 1.29 is 14.6 Å². The predicted molar refractivity (Wildman–Crippen MR) is 105 cm³/mol. The summed E-state index contributed by atoms with van der Waals surface area (Å²) in [5.74, 6) is 0.850. The number of ether oxygens (including phenoxy) is 1. The molecular weight excluding hydrogens is 352 g/mol. The number of hydrogen-bond donors (Lipinski definition) is 2. The fourth-order valence-electron chi connectivity index (χ4n) is 3.27. The van der Waals surface area contributed by atoms with Crippen molar-refractivity contribution in [3.8, 4) is 5.75 Å². The second-order valence-corrected chi connectivity index (χ2v) is 8.46. The number of amides is 1. The summed E-state index contributed by atoms with van der Waals surface area (Å²) >= 11 is 6.10. The molecule has 0 spiro atoms. The van der Waals surface area contributed by atoms with Gasteiger partial charge < -0.3 is 15.2 Å². The van der Waals surface area contributed by atoms with Crippen LogP contribution in [0.2, 0.25) is 5.02 Å². The van der Waals surface area contributed by atoms with Crippen LogP contribution < -0.4 is 10.1 Å². The van der Waals surface area contributed by atoms with Gasteiger partial charge in [-0.1, -0.05) is 11.6 Å². The summed E-state index contributed by atoms with van der Waals surface area (Å²) in [7, 11) is 0. The average molecular weight is 383 g/mol. The summed E-state index contributed by atoms with van der Waals surface area (Å²) in [4.78, 5) is 14.5. The number of benzene rings is 1. The molecule has 1 amide bonds. The smallest absolute Gasteiger partial charge is 0.234 e. The Balaban J connectivity index is 1.86. The Hall–Kier alpha value is -1.30. The molecule has 1 heterocycles. The van der Waals surface area contributed by atoms with Gasteiger partial charge in [0.15, 0.2) is 0 Å². The van der Waals surface area contributed by atoms with Crippen molar-refractivity contribution in [2.45, 2.75) is 71.2 Å². The van der Waals surface area contributed by atoms with Crippen LogP contribution >= 0.6 is 11.6 Å². The summed E-state index contributed by atoms with van der Waals surface area (Å²) in [6, 6.07) is 5.71. The van der Waals surface area contributed by atoms with Crippen LogP contribution in [0, 0.1) is 0 Å². The van der Waals surface area contributed by atoms with Gasteiger partial charge in [0.1, 0.15) is 11.9 Å². The van der Waals surface area contributed by atoms with Crippen molar-refractivity contribution >= 4 is 17.5 Å². The van der Waals surface area contributed by atoms with Gasteiger partial charge in [0.05, 0.1) is 12.1 Å². The number of nitrogens with zero attached hydrogens (tertiary/aromatic N) is 1. The SMILES string of the molecule is C[C@H](CCCC(C)(C)O)NC(=O)CN1Cc2cc(Cl)ccc2O[C@@H](C)C1. The molecule has 1 aliphatic heterocycles. The molecule has 2 atom stereocenters. The first-order chi connectivity index (χ1) is 12.1. The molecule has 0 fully saturated rings. The molecule has 6 heteroatoms. The Morgan fingerprint density at radius 2 is 2.23 bits per heavy atom. The standard InChI is InChI=1S/C20H31ClN2O3/c1-14(6-5-9-20(3,4)25)22-19(24)13-23-11-15(2)26-18-8-7-17(21)10-16(18)12-23/h7-8,10,14-15,25H,5-6,9,11-13H2,1-4H3,(H,22,24)/t14-,15+/m1/s1. The molecular formula is C20H31ClN2O3. The van der Waals surface area contributed by atoms with E-state index in [4.69, 9.17) is 16.3 Å². The highest BCUT2D eigenvalue weighted by Gasteiger charge is 2.22. The van der Waals surface area contributed by atoms with Crippen LogP contribution in [0.5, 0.6) is 5.75 Å². The van der Waals surface area contributed by atoms with E-state index in [-0.39, 0.29) is 18.1 Å². The summed E-state index contributed by atoms with van der Waals surface area (Å²) in [5.41, 5.74) is 0.355. The molecule has 0 radical (unpaired) electrons. The van der Waals surface area contributed by atoms with E-state index >= 15 is 0 Å². The van der Waals surface area contributed by atoms with Crippen LogP contribution in [0.3, 0.4) is 0 Å². The molecule has 2 rings (SSSR count). The Kier molecular flexibility index (Phi) is 7.33. The van der Waals surface area contributed by atoms with Crippen LogP contribution in [-0.4, -0.2) is 46.7 Å². The summed E-state index contributed by atoms with van der Waals surface area (Å²) in [6.07, 6.45) is 2.47. The monoisotopic (exact) mass is 382 g/mol. The molecule has 0 unspecified atom stereocenters. The van der Waals surface area contributed by atoms with Gasteiger partial charge in [-0.25, -0.2) is 0 Å². The molecule has 146 valence electrons. The first-order valence-electron chi connectivity index (χ1n) is 9.31. The van der Waals surface area contributed by atoms with Gasteiger partial charge in [0, 0.05) is 29.7 Å². The van der Waals surface area contributed by atoms with Gasteiger partial charge in [-0.2, -0.15) is 0 Å². The first kappa shape index (κ1) is 21.0. The molecule has 1 aromatic rings. The van der Waals surface area contributed by atoms with Crippen LogP contribution in [-0.2, 0) is 11.3 Å². The van der Waals surface area contributed by atoms with Crippen LogP contribution in [0.15, 0.2) is 18.2 Å². The van der Waals surface area contributed by atoms with E-state index in [1.54, 1.807) is 0 Å². The number of fused-ring (bicyclic) bond motifs is 1. The van der Waals surface area contributed by atoms with Crippen LogP contribution in [0.1, 0.15) is 52.5 Å². The Morgan fingerprint density at radius 1 is 1.50 bits per heavy atom. The number of rotatable bonds is 7. The Bertz CT molecular complexity index is 616. The Morgan fingerprint density at radius 3 is 2.92 bits per heavy atom. The number of nitrogens with one attached hydrogen (secondary N) is 1. The zero-order valence-electron chi connectivity index (χ0n) is 16.2. The van der Waals surface area contributed by atoms with Gasteiger partial charge in [-0.3, -0.25) is 9.69 Å². The highest BCUT2D eigenvalue weighted by atomic mass is 35.5. The molecule has 0 aliphatic carbocycles. The molecule has 5 nitrogen and oxygen atoms in total. The number of halogens is 1. The van der Waals surface area contributed by atoms with E-state index in [0.717, 1.165) is 30.6 Å². The van der Waals surface area contributed by atoms with E-state index in [1.807, 2.05) is 45.9 Å². The topological polar surface area (TPSA) is 61.8 Å². The second kappa shape index (κ2) is 9.07. The fraction of sp³-hybridized carbons (Fsp3) is 0.650. The van der Waals surface area contributed by atoms with E-state index in [9.17, 15) is 9.90 Å². The van der Waals surface area contributed by atoms with Crippen molar-refractivity contribution in [2.24, 2.45) is 0 Å². The van der Waals surface area contributed by atoms with Crippen molar-refractivity contribution in [2.75, 3.05) is 13.1 Å². The van der Waals surface area contributed by atoms with Gasteiger partial charge in [-0.05, 0) is 65.2 Å². The third kappa shape index (κ3) is 7.14. The minimum absolute atomic E-state index is 0.00874. The molecule has 1 aromatic carbocycles. The van der Waals surface area contributed by atoms with Crippen molar-refractivity contribution in [1.29, 1.82) is 0 Å². The molecule has 0 bridgehead atoms. The van der Waals surface area contributed by atoms with Crippen LogP contribution in [0.4, 0.5) is 0 Å². The van der Waals surface area contributed by atoms with Gasteiger partial charge in [0.25, 0.3) is 0 Å². The lowest BCUT2D eigenvalue weighted by molar-refractivity contribution is -0.123. The third-order valence-corrected chi connectivity index (χ3v) is 4.70. The average Bonchev–Trinajstić information content (AvgIpc) is 2.62. The maximum Gasteiger partial charge on any atom is 0.234 e.